The van der Waals surface area contributed by atoms with Crippen LogP contribution in [0.4, 0.5) is 5.69 Å². The van der Waals surface area contributed by atoms with Gasteiger partial charge in [-0.05, 0) is 20.4 Å². The summed E-state index contributed by atoms with van der Waals surface area (Å²) in [4.78, 5) is 27.3. The summed E-state index contributed by atoms with van der Waals surface area (Å²) in [6, 6.07) is 1.64. The molecule has 2 rings (SSSR count). The van der Waals surface area contributed by atoms with Gasteiger partial charge in [-0.1, -0.05) is 0 Å². The standard InChI is InChI=1S/C14H22N4O2/c1-12(19)4-3-5-18-14(20)10-13(11-15-18)17-8-6-16(2)7-9-17/h10-11H,3-9H2,1-2H3. The highest BCUT2D eigenvalue weighted by Crippen LogP contribution is 2.12. The number of nitrogens with zero attached hydrogens (tertiary/aromatic N) is 4. The summed E-state index contributed by atoms with van der Waals surface area (Å²) < 4.78 is 1.43. The number of rotatable bonds is 5. The molecule has 6 heteroatoms. The molecule has 1 aliphatic rings. The van der Waals surface area contributed by atoms with Gasteiger partial charge in [0.2, 0.25) is 0 Å². The Morgan fingerprint density at radius 2 is 2.00 bits per heavy atom. The molecule has 6 nitrogen and oxygen atoms in total. The molecule has 0 unspecified atom stereocenters. The SMILES string of the molecule is CC(=O)CCCn1ncc(N2CCN(C)CC2)cc1=O. The minimum Gasteiger partial charge on any atom is -0.368 e. The zero-order valence-electron chi connectivity index (χ0n) is 12.2. The van der Waals surface area contributed by atoms with Crippen molar-refractivity contribution >= 4 is 11.5 Å². The Morgan fingerprint density at radius 1 is 1.30 bits per heavy atom. The average molecular weight is 278 g/mol. The first-order chi connectivity index (χ1) is 9.56. The Bertz CT molecular complexity index is 518. The van der Waals surface area contributed by atoms with Crippen LogP contribution in [0.25, 0.3) is 0 Å². The Labute approximate surface area is 119 Å². The maximum Gasteiger partial charge on any atom is 0.268 e. The number of hydrogen-bond acceptors (Lipinski definition) is 5. The van der Waals surface area contributed by atoms with Gasteiger partial charge in [-0.25, -0.2) is 4.68 Å². The van der Waals surface area contributed by atoms with Crippen molar-refractivity contribution in [2.45, 2.75) is 26.3 Å². The van der Waals surface area contributed by atoms with Gasteiger partial charge in [-0.15, -0.1) is 0 Å². The van der Waals surface area contributed by atoms with E-state index < -0.39 is 0 Å². The van der Waals surface area contributed by atoms with Crippen molar-refractivity contribution < 1.29 is 4.79 Å². The number of aryl methyl sites for hydroxylation is 1. The molecular formula is C14H22N4O2. The number of likely N-dealkylation sites (N-methyl/N-ethyl adjacent to an activating group) is 1. The number of aromatic nitrogens is 2. The van der Waals surface area contributed by atoms with Crippen LogP contribution < -0.4 is 10.5 Å². The van der Waals surface area contributed by atoms with E-state index in [0.717, 1.165) is 31.9 Å². The molecule has 2 heterocycles. The molecule has 0 radical (unpaired) electrons. The number of carbonyl (C=O) groups is 1. The van der Waals surface area contributed by atoms with E-state index in [2.05, 4.69) is 21.9 Å². The summed E-state index contributed by atoms with van der Waals surface area (Å²) in [5, 5.41) is 4.21. The second-order valence-corrected chi connectivity index (χ2v) is 5.37. The average Bonchev–Trinajstić information content (AvgIpc) is 2.41. The summed E-state index contributed by atoms with van der Waals surface area (Å²) in [6.45, 7) is 5.91. The van der Waals surface area contributed by atoms with Gasteiger partial charge in [0.1, 0.15) is 5.78 Å². The van der Waals surface area contributed by atoms with Crippen molar-refractivity contribution in [2.24, 2.45) is 0 Å². The van der Waals surface area contributed by atoms with Crippen LogP contribution in [0.1, 0.15) is 19.8 Å². The van der Waals surface area contributed by atoms with Crippen LogP contribution >= 0.6 is 0 Å². The van der Waals surface area contributed by atoms with E-state index in [9.17, 15) is 9.59 Å². The van der Waals surface area contributed by atoms with Gasteiger partial charge in [0.25, 0.3) is 5.56 Å². The molecule has 0 aliphatic carbocycles. The third-order valence-corrected chi connectivity index (χ3v) is 3.62. The van der Waals surface area contributed by atoms with Crippen molar-refractivity contribution in [1.82, 2.24) is 14.7 Å². The first-order valence-corrected chi connectivity index (χ1v) is 7.06. The number of Topliss-reactive ketones (excluding diaryl/α,β-unsaturated/α-hetero) is 1. The van der Waals surface area contributed by atoms with E-state index in [1.807, 2.05) is 0 Å². The van der Waals surface area contributed by atoms with Crippen LogP contribution in [-0.4, -0.2) is 53.7 Å². The van der Waals surface area contributed by atoms with Gasteiger partial charge in [-0.2, -0.15) is 5.10 Å². The maximum atomic E-state index is 12.0. The van der Waals surface area contributed by atoms with Crippen molar-refractivity contribution in [3.05, 3.63) is 22.6 Å². The van der Waals surface area contributed by atoms with E-state index in [-0.39, 0.29) is 11.3 Å². The van der Waals surface area contributed by atoms with E-state index in [1.165, 1.54) is 4.68 Å². The highest BCUT2D eigenvalue weighted by Gasteiger charge is 2.15. The molecule has 0 spiro atoms. The normalized spacial score (nSPS) is 16.4. The van der Waals surface area contributed by atoms with E-state index >= 15 is 0 Å². The van der Waals surface area contributed by atoms with Gasteiger partial charge < -0.3 is 14.6 Å². The summed E-state index contributed by atoms with van der Waals surface area (Å²) in [5.41, 5.74) is 0.802. The summed E-state index contributed by atoms with van der Waals surface area (Å²) in [6.07, 6.45) is 2.91. The van der Waals surface area contributed by atoms with Crippen molar-refractivity contribution in [2.75, 3.05) is 38.1 Å². The van der Waals surface area contributed by atoms with Crippen molar-refractivity contribution in [1.29, 1.82) is 0 Å². The number of piperazine rings is 1. The van der Waals surface area contributed by atoms with Gasteiger partial charge in [-0.3, -0.25) is 4.79 Å². The minimum absolute atomic E-state index is 0.0926. The van der Waals surface area contributed by atoms with Gasteiger partial charge in [0.15, 0.2) is 0 Å². The fourth-order valence-electron chi connectivity index (χ4n) is 2.31. The highest BCUT2D eigenvalue weighted by molar-refractivity contribution is 5.75. The quantitative estimate of drug-likeness (QED) is 0.778. The Morgan fingerprint density at radius 3 is 2.60 bits per heavy atom. The Balaban J connectivity index is 1.98. The number of carbonyl (C=O) groups excluding carboxylic acids is 1. The van der Waals surface area contributed by atoms with E-state index in [4.69, 9.17) is 0 Å². The summed E-state index contributed by atoms with van der Waals surface area (Å²) in [5.74, 6) is 0.145. The monoisotopic (exact) mass is 278 g/mol. The number of anilines is 1. The van der Waals surface area contributed by atoms with Crippen LogP contribution in [0.3, 0.4) is 0 Å². The predicted octanol–water partition coefficient (Wildman–Crippen LogP) is 0.364. The molecule has 1 aliphatic heterocycles. The van der Waals surface area contributed by atoms with Crippen molar-refractivity contribution in [3.8, 4) is 0 Å². The molecule has 0 atom stereocenters. The topological polar surface area (TPSA) is 58.4 Å². The molecule has 0 aromatic carbocycles. The van der Waals surface area contributed by atoms with Crippen LogP contribution in [0, 0.1) is 0 Å². The molecule has 1 aromatic heterocycles. The molecule has 20 heavy (non-hydrogen) atoms. The number of ketones is 1. The lowest BCUT2D eigenvalue weighted by Gasteiger charge is -2.33. The largest absolute Gasteiger partial charge is 0.368 e. The van der Waals surface area contributed by atoms with Crippen LogP contribution in [0.2, 0.25) is 0 Å². The summed E-state index contributed by atoms with van der Waals surface area (Å²) in [7, 11) is 2.10. The minimum atomic E-state index is -0.0926. The molecule has 0 N–H and O–H groups in total. The third kappa shape index (κ3) is 3.90. The smallest absolute Gasteiger partial charge is 0.268 e. The molecular weight excluding hydrogens is 256 g/mol. The summed E-state index contributed by atoms with van der Waals surface area (Å²) >= 11 is 0. The maximum absolute atomic E-state index is 12.0. The molecule has 1 aromatic rings. The Kier molecular flexibility index (Phi) is 4.89. The first-order valence-electron chi connectivity index (χ1n) is 7.06. The van der Waals surface area contributed by atoms with Crippen LogP contribution in [0.15, 0.2) is 17.1 Å². The fraction of sp³-hybridized carbons (Fsp3) is 0.643. The van der Waals surface area contributed by atoms with Crippen molar-refractivity contribution in [3.63, 3.8) is 0 Å². The van der Waals surface area contributed by atoms with Gasteiger partial charge in [0, 0.05) is 45.2 Å². The molecule has 0 saturated carbocycles. The highest BCUT2D eigenvalue weighted by atomic mass is 16.1. The molecule has 1 fully saturated rings. The van der Waals surface area contributed by atoms with E-state index in [0.29, 0.717) is 19.4 Å². The molecule has 0 amide bonds. The first kappa shape index (κ1) is 14.7. The zero-order chi connectivity index (χ0) is 14.5. The predicted molar refractivity (Wildman–Crippen MR) is 78.1 cm³/mol. The van der Waals surface area contributed by atoms with E-state index in [1.54, 1.807) is 19.2 Å². The second kappa shape index (κ2) is 6.65. The Hall–Kier alpha value is -1.69. The lowest BCUT2D eigenvalue weighted by Crippen LogP contribution is -2.45. The third-order valence-electron chi connectivity index (χ3n) is 3.62. The second-order valence-electron chi connectivity index (χ2n) is 5.37. The van der Waals surface area contributed by atoms with Gasteiger partial charge in [0.05, 0.1) is 11.9 Å². The van der Waals surface area contributed by atoms with Gasteiger partial charge >= 0.3 is 0 Å². The van der Waals surface area contributed by atoms with Crippen LogP contribution in [-0.2, 0) is 11.3 Å². The lowest BCUT2D eigenvalue weighted by atomic mass is 10.2. The zero-order valence-corrected chi connectivity index (χ0v) is 12.2. The lowest BCUT2D eigenvalue weighted by molar-refractivity contribution is -0.117. The molecule has 110 valence electrons. The van der Waals surface area contributed by atoms with Crippen LogP contribution in [0.5, 0.6) is 0 Å². The fourth-order valence-corrected chi connectivity index (χ4v) is 2.31. The molecule has 1 saturated heterocycles. The number of hydrogen-bond donors (Lipinski definition) is 0. The molecule has 0 bridgehead atoms.